The summed E-state index contributed by atoms with van der Waals surface area (Å²) in [6.45, 7) is 7.54. The Morgan fingerprint density at radius 3 is 2.88 bits per heavy atom. The summed E-state index contributed by atoms with van der Waals surface area (Å²) < 4.78 is 9.64. The van der Waals surface area contributed by atoms with Gasteiger partial charge in [0.05, 0.1) is 6.20 Å². The largest absolute Gasteiger partial charge is 0.455 e. The minimum absolute atomic E-state index is 0.00495. The number of quaternary nitrogens is 1. The van der Waals surface area contributed by atoms with Gasteiger partial charge in [-0.25, -0.2) is 14.5 Å². The number of aliphatic hydroxyl groups is 1. The molecule has 170 valence electrons. The minimum atomic E-state index is -0.987. The fourth-order valence-electron chi connectivity index (χ4n) is 5.98. The highest BCUT2D eigenvalue weighted by atomic mass is 32.2. The Morgan fingerprint density at radius 1 is 1.25 bits per heavy atom. The zero-order valence-electron chi connectivity index (χ0n) is 19.0. The summed E-state index contributed by atoms with van der Waals surface area (Å²) in [6, 6.07) is 2.79. The van der Waals surface area contributed by atoms with E-state index in [1.54, 1.807) is 20.0 Å². The minimum Gasteiger partial charge on any atom is -0.383 e. The number of carbonyl (C=O) groups is 1. The van der Waals surface area contributed by atoms with E-state index in [1.165, 1.54) is 52.1 Å². The summed E-state index contributed by atoms with van der Waals surface area (Å²) in [5.74, 6) is 0.519. The van der Waals surface area contributed by atoms with Crippen molar-refractivity contribution in [3.63, 3.8) is 0 Å². The molecule has 0 spiro atoms. The quantitative estimate of drug-likeness (QED) is 0.511. The van der Waals surface area contributed by atoms with Crippen LogP contribution in [0.1, 0.15) is 73.2 Å². The fraction of sp³-hybridized carbons (Fsp3) is 0.583. The van der Waals surface area contributed by atoms with Crippen molar-refractivity contribution in [2.24, 2.45) is 4.36 Å². The second-order valence-electron chi connectivity index (χ2n) is 10.3. The predicted molar refractivity (Wildman–Crippen MR) is 129 cm³/mol. The molecule has 6 nitrogen and oxygen atoms in total. The molecule has 0 radical (unpaired) electrons. The molecule has 1 saturated heterocycles. The van der Waals surface area contributed by atoms with Gasteiger partial charge in [-0.15, -0.1) is 15.7 Å². The number of thiazole rings is 1. The van der Waals surface area contributed by atoms with E-state index in [9.17, 15) is 9.90 Å². The molecule has 3 heterocycles. The first kappa shape index (κ1) is 21.1. The number of hydrogen-bond acceptors (Lipinski definition) is 5. The molecule has 1 aromatic heterocycles. The van der Waals surface area contributed by atoms with Gasteiger partial charge in [0.1, 0.15) is 27.0 Å². The van der Waals surface area contributed by atoms with Crippen LogP contribution in [0.5, 0.6) is 0 Å². The van der Waals surface area contributed by atoms with Crippen molar-refractivity contribution < 1.29 is 9.90 Å². The summed E-state index contributed by atoms with van der Waals surface area (Å²) >= 11 is 1.45. The van der Waals surface area contributed by atoms with Crippen LogP contribution in [-0.2, 0) is 35.7 Å². The molecule has 4 unspecified atom stereocenters. The van der Waals surface area contributed by atoms with Gasteiger partial charge in [0.2, 0.25) is 0 Å². The van der Waals surface area contributed by atoms with Crippen LogP contribution in [0.3, 0.4) is 0 Å². The number of amides is 2. The van der Waals surface area contributed by atoms with Crippen molar-refractivity contribution in [2.75, 3.05) is 13.1 Å². The lowest BCUT2D eigenvalue weighted by Crippen LogP contribution is -2.40. The summed E-state index contributed by atoms with van der Waals surface area (Å²) in [4.78, 5) is 18.3. The summed E-state index contributed by atoms with van der Waals surface area (Å²) in [5, 5.41) is 11.0. The second kappa shape index (κ2) is 7.27. The van der Waals surface area contributed by atoms with E-state index in [1.807, 2.05) is 0 Å². The highest BCUT2D eigenvalue weighted by molar-refractivity contribution is 7.87. The Balaban J connectivity index is 1.46. The highest BCUT2D eigenvalue weighted by Crippen LogP contribution is 2.54. The molecule has 2 amide bonds. The van der Waals surface area contributed by atoms with Crippen molar-refractivity contribution >= 4 is 33.9 Å². The van der Waals surface area contributed by atoms with Gasteiger partial charge < -0.3 is 5.11 Å². The maximum Gasteiger partial charge on any atom is 0.455 e. The van der Waals surface area contributed by atoms with Gasteiger partial charge in [-0.2, -0.15) is 4.48 Å². The Hall–Kier alpha value is -1.45. The molecule has 32 heavy (non-hydrogen) atoms. The number of nitrogens with zero attached hydrogens (tertiary/aromatic N) is 3. The third-order valence-corrected chi connectivity index (χ3v) is 10.8. The van der Waals surface area contributed by atoms with Crippen LogP contribution in [0, 0.1) is 0 Å². The van der Waals surface area contributed by atoms with E-state index >= 15 is 0 Å². The van der Waals surface area contributed by atoms with Crippen LogP contribution in [0.15, 0.2) is 20.8 Å². The first-order valence-electron chi connectivity index (χ1n) is 11.8. The lowest BCUT2D eigenvalue weighted by molar-refractivity contribution is 0.0783. The third-order valence-electron chi connectivity index (χ3n) is 7.65. The average molecular weight is 472 g/mol. The summed E-state index contributed by atoms with van der Waals surface area (Å²) in [7, 11) is -0.725. The Kier molecular flexibility index (Phi) is 4.80. The van der Waals surface area contributed by atoms with Crippen LogP contribution in [0.25, 0.3) is 0 Å². The molecule has 2 aliphatic heterocycles. The number of aryl methyl sites for hydroxylation is 2. The number of nitrogens with one attached hydrogen (secondary N) is 1. The van der Waals surface area contributed by atoms with Crippen molar-refractivity contribution in [3.05, 3.63) is 39.5 Å². The SMILES string of the molecule is CC1CCc2cc3c(c([N+]45CC4CCN/S(c4cnc(C(C)(C)O)s4)=N\C5=O)c21)CCC3. The van der Waals surface area contributed by atoms with Gasteiger partial charge in [0, 0.05) is 35.0 Å². The van der Waals surface area contributed by atoms with E-state index in [-0.39, 0.29) is 6.03 Å². The number of hydrogen-bond donors (Lipinski definition) is 2. The van der Waals surface area contributed by atoms with Gasteiger partial charge in [0.25, 0.3) is 0 Å². The van der Waals surface area contributed by atoms with Crippen LogP contribution in [0.4, 0.5) is 10.5 Å². The number of carbonyl (C=O) groups excluding carboxylic acids is 1. The molecule has 1 fully saturated rings. The molecular weight excluding hydrogens is 440 g/mol. The van der Waals surface area contributed by atoms with Crippen molar-refractivity contribution in [1.29, 1.82) is 0 Å². The predicted octanol–water partition coefficient (Wildman–Crippen LogP) is 4.49. The number of fused-ring (bicyclic) bond motifs is 3. The van der Waals surface area contributed by atoms with E-state index in [4.69, 9.17) is 4.36 Å². The van der Waals surface area contributed by atoms with Crippen molar-refractivity contribution in [1.82, 2.24) is 14.2 Å². The number of benzene rings is 1. The summed E-state index contributed by atoms with van der Waals surface area (Å²) in [6.07, 6.45) is 8.52. The highest BCUT2D eigenvalue weighted by Gasteiger charge is 2.65. The number of rotatable bonds is 3. The van der Waals surface area contributed by atoms with Crippen molar-refractivity contribution in [3.8, 4) is 0 Å². The molecule has 0 bridgehead atoms. The first-order valence-corrected chi connectivity index (χ1v) is 13.8. The Bertz CT molecular complexity index is 1170. The van der Waals surface area contributed by atoms with Gasteiger partial charge in [-0.05, 0) is 63.0 Å². The first-order chi connectivity index (χ1) is 15.3. The zero-order valence-corrected chi connectivity index (χ0v) is 20.6. The molecule has 2 aliphatic carbocycles. The van der Waals surface area contributed by atoms with E-state index in [0.29, 0.717) is 21.5 Å². The topological polar surface area (TPSA) is 74.6 Å². The van der Waals surface area contributed by atoms with Crippen molar-refractivity contribution in [2.45, 2.75) is 81.1 Å². The molecule has 0 saturated carbocycles. The average Bonchev–Trinajstić information content (AvgIpc) is 3.16. The standard InChI is InChI=1S/C24H30N4O2S2/c1-14-7-8-16-11-15-5-4-6-18(15)21(20(14)16)28-13-17(28)9-10-26-32(27-23(28)29)19-12-25-22(31-19)24(2,3)30/h11-12,14,17,30H,4-10,13H2,1-3H3/p+1. The van der Waals surface area contributed by atoms with E-state index < -0.39 is 16.5 Å². The molecular formula is C24H31N4O2S2+. The lowest BCUT2D eigenvalue weighted by atomic mass is 9.93. The maximum atomic E-state index is 13.9. The van der Waals surface area contributed by atoms with E-state index in [2.05, 4.69) is 22.7 Å². The van der Waals surface area contributed by atoms with E-state index in [0.717, 1.165) is 43.0 Å². The lowest BCUT2D eigenvalue weighted by Gasteiger charge is -2.25. The fourth-order valence-corrected chi connectivity index (χ4v) is 8.54. The van der Waals surface area contributed by atoms with Gasteiger partial charge >= 0.3 is 6.03 Å². The van der Waals surface area contributed by atoms with Crippen LogP contribution in [-0.4, -0.2) is 35.3 Å². The smallest absolute Gasteiger partial charge is 0.383 e. The summed E-state index contributed by atoms with van der Waals surface area (Å²) in [5.41, 5.74) is 6.24. The number of aromatic nitrogens is 1. The van der Waals surface area contributed by atoms with Gasteiger partial charge in [0.15, 0.2) is 6.04 Å². The van der Waals surface area contributed by atoms with Gasteiger partial charge in [-0.3, -0.25) is 0 Å². The zero-order chi connectivity index (χ0) is 22.3. The monoisotopic (exact) mass is 471 g/mol. The third kappa shape index (κ3) is 3.10. The number of urea groups is 1. The maximum absolute atomic E-state index is 13.9. The molecule has 2 aromatic rings. The Labute approximate surface area is 195 Å². The van der Waals surface area contributed by atoms with Crippen LogP contribution in [0.2, 0.25) is 0 Å². The Morgan fingerprint density at radius 2 is 2.09 bits per heavy atom. The molecule has 6 rings (SSSR count). The molecule has 4 atom stereocenters. The molecule has 4 aliphatic rings. The van der Waals surface area contributed by atoms with Gasteiger partial charge in [-0.1, -0.05) is 13.0 Å². The molecule has 1 aromatic carbocycles. The van der Waals surface area contributed by atoms with Crippen LogP contribution < -0.4 is 9.21 Å². The van der Waals surface area contributed by atoms with Crippen LogP contribution >= 0.6 is 11.3 Å². The molecule has 2 N–H and O–H groups in total. The second-order valence-corrected chi connectivity index (χ2v) is 13.1. The normalized spacial score (nSPS) is 31.9. The molecule has 8 heteroatoms.